The van der Waals surface area contributed by atoms with E-state index in [1.165, 1.54) is 0 Å². The summed E-state index contributed by atoms with van der Waals surface area (Å²) in [4.78, 5) is 16.4. The molecule has 0 saturated heterocycles. The normalized spacial score (nSPS) is 11.8. The Bertz CT molecular complexity index is 1320. The highest BCUT2D eigenvalue weighted by molar-refractivity contribution is 5.96. The fraction of sp³-hybridized carbons (Fsp3) is 0.250. The minimum atomic E-state index is -0.423. The van der Waals surface area contributed by atoms with Crippen LogP contribution in [0.3, 0.4) is 0 Å². The molecule has 0 radical (unpaired) electrons. The molecule has 0 spiro atoms. The van der Waals surface area contributed by atoms with Crippen LogP contribution in [0.1, 0.15) is 21.5 Å². The van der Waals surface area contributed by atoms with Gasteiger partial charge in [0.1, 0.15) is 0 Å². The molecular formula is C28H30N2O5. The average Bonchev–Trinajstić information content (AvgIpc) is 3.30. The maximum atomic E-state index is 13.1. The predicted octanol–water partition coefficient (Wildman–Crippen LogP) is 4.50. The molecule has 4 aromatic rings. The first-order chi connectivity index (χ1) is 17.0. The molecule has 0 aliphatic rings. The summed E-state index contributed by atoms with van der Waals surface area (Å²) in [6.45, 7) is 1.81. The maximum Gasteiger partial charge on any atom is 0.251 e. The second-order valence-corrected chi connectivity index (χ2v) is 8.36. The first-order valence-electron chi connectivity index (χ1n) is 11.4. The zero-order valence-electron chi connectivity index (χ0n) is 20.3. The summed E-state index contributed by atoms with van der Waals surface area (Å²) in [6, 6.07) is 16.8. The van der Waals surface area contributed by atoms with Crippen molar-refractivity contribution in [1.82, 2.24) is 10.3 Å². The van der Waals surface area contributed by atoms with Crippen LogP contribution in [0, 0.1) is 6.92 Å². The summed E-state index contributed by atoms with van der Waals surface area (Å²) < 4.78 is 16.4. The number of aryl methyl sites for hydroxylation is 1. The SMILES string of the molecule is COc1cc(-c2cc(C(=O)N[C@@H](CO)Cc3c[nH]c4ccccc34)ccc2C)cc(OC)c1OC. The quantitative estimate of drug-likeness (QED) is 0.332. The van der Waals surface area contributed by atoms with E-state index in [1.807, 2.05) is 61.7 Å². The molecule has 7 nitrogen and oxygen atoms in total. The van der Waals surface area contributed by atoms with Crippen LogP contribution in [-0.4, -0.2) is 50.0 Å². The molecule has 1 aromatic heterocycles. The molecule has 7 heteroatoms. The number of carbonyl (C=O) groups excluding carboxylic acids is 1. The number of para-hydroxylation sites is 1. The number of fused-ring (bicyclic) bond motifs is 1. The topological polar surface area (TPSA) is 92.8 Å². The van der Waals surface area contributed by atoms with Gasteiger partial charge in [-0.05, 0) is 65.9 Å². The van der Waals surface area contributed by atoms with Crippen molar-refractivity contribution in [1.29, 1.82) is 0 Å². The minimum absolute atomic E-state index is 0.170. The predicted molar refractivity (Wildman–Crippen MR) is 137 cm³/mol. The third kappa shape index (κ3) is 4.95. The lowest BCUT2D eigenvalue weighted by Crippen LogP contribution is -2.39. The van der Waals surface area contributed by atoms with Crippen LogP contribution in [0.5, 0.6) is 17.2 Å². The van der Waals surface area contributed by atoms with Gasteiger partial charge in [0.05, 0.1) is 34.0 Å². The van der Waals surface area contributed by atoms with Crippen molar-refractivity contribution in [3.8, 4) is 28.4 Å². The van der Waals surface area contributed by atoms with Crippen LogP contribution in [0.15, 0.2) is 60.8 Å². The summed E-state index contributed by atoms with van der Waals surface area (Å²) in [5, 5.41) is 14.0. The number of ether oxygens (including phenoxy) is 3. The lowest BCUT2D eigenvalue weighted by molar-refractivity contribution is 0.0916. The van der Waals surface area contributed by atoms with E-state index in [9.17, 15) is 9.90 Å². The van der Waals surface area contributed by atoms with Gasteiger partial charge in [0.25, 0.3) is 5.91 Å². The third-order valence-corrected chi connectivity index (χ3v) is 6.17. The van der Waals surface area contributed by atoms with E-state index < -0.39 is 6.04 Å². The molecule has 0 aliphatic carbocycles. The van der Waals surface area contributed by atoms with Crippen molar-refractivity contribution in [3.63, 3.8) is 0 Å². The van der Waals surface area contributed by atoms with E-state index in [2.05, 4.69) is 10.3 Å². The number of amides is 1. The smallest absolute Gasteiger partial charge is 0.251 e. The van der Waals surface area contributed by atoms with E-state index in [1.54, 1.807) is 27.4 Å². The zero-order valence-corrected chi connectivity index (χ0v) is 20.3. The van der Waals surface area contributed by atoms with Crippen LogP contribution < -0.4 is 19.5 Å². The second-order valence-electron chi connectivity index (χ2n) is 8.36. The van der Waals surface area contributed by atoms with E-state index >= 15 is 0 Å². The molecule has 3 N–H and O–H groups in total. The largest absolute Gasteiger partial charge is 0.493 e. The highest BCUT2D eigenvalue weighted by atomic mass is 16.5. The van der Waals surface area contributed by atoms with Crippen LogP contribution in [-0.2, 0) is 6.42 Å². The van der Waals surface area contributed by atoms with Gasteiger partial charge in [0.2, 0.25) is 5.75 Å². The Labute approximate surface area is 204 Å². The van der Waals surface area contributed by atoms with Gasteiger partial charge in [-0.15, -0.1) is 0 Å². The molecule has 1 atom stereocenters. The van der Waals surface area contributed by atoms with Crippen molar-refractivity contribution in [3.05, 3.63) is 77.5 Å². The number of aromatic amines is 1. The van der Waals surface area contributed by atoms with Crippen LogP contribution in [0.4, 0.5) is 0 Å². The number of H-pyrrole nitrogens is 1. The van der Waals surface area contributed by atoms with Gasteiger partial charge in [-0.3, -0.25) is 4.79 Å². The fourth-order valence-corrected chi connectivity index (χ4v) is 4.31. The number of nitrogens with one attached hydrogen (secondary N) is 2. The molecule has 182 valence electrons. The Morgan fingerprint density at radius 3 is 2.37 bits per heavy atom. The maximum absolute atomic E-state index is 13.1. The molecule has 1 heterocycles. The van der Waals surface area contributed by atoms with Gasteiger partial charge in [-0.1, -0.05) is 24.3 Å². The first kappa shape index (κ1) is 24.2. The third-order valence-electron chi connectivity index (χ3n) is 6.17. The number of aromatic nitrogens is 1. The van der Waals surface area contributed by atoms with Gasteiger partial charge in [0.15, 0.2) is 11.5 Å². The summed E-state index contributed by atoms with van der Waals surface area (Å²) in [5.41, 5.74) is 5.27. The Balaban J connectivity index is 1.60. The number of methoxy groups -OCH3 is 3. The number of hydrogen-bond donors (Lipinski definition) is 3. The standard InChI is InChI=1S/C28H30N2O5/c1-17-9-10-18(12-23(17)19-13-25(33-2)27(35-4)26(14-19)34-3)28(32)30-21(16-31)11-20-15-29-24-8-6-5-7-22(20)24/h5-10,12-15,21,29,31H,11,16H2,1-4H3,(H,30,32)/t21-/m1/s1. The Morgan fingerprint density at radius 1 is 1.00 bits per heavy atom. The van der Waals surface area contributed by atoms with Gasteiger partial charge >= 0.3 is 0 Å². The molecule has 0 saturated carbocycles. The summed E-state index contributed by atoms with van der Waals surface area (Å²) in [5.74, 6) is 1.33. The zero-order chi connectivity index (χ0) is 24.9. The van der Waals surface area contributed by atoms with Crippen LogP contribution in [0.25, 0.3) is 22.0 Å². The number of hydrogen-bond acceptors (Lipinski definition) is 5. The van der Waals surface area contributed by atoms with Crippen molar-refractivity contribution in [2.24, 2.45) is 0 Å². The summed E-state index contributed by atoms with van der Waals surface area (Å²) >= 11 is 0. The van der Waals surface area contributed by atoms with E-state index in [-0.39, 0.29) is 12.5 Å². The molecule has 0 unspecified atom stereocenters. The number of rotatable bonds is 9. The number of carbonyl (C=O) groups is 1. The highest BCUT2D eigenvalue weighted by Gasteiger charge is 2.19. The molecule has 0 aliphatic heterocycles. The van der Waals surface area contributed by atoms with E-state index in [0.717, 1.165) is 33.2 Å². The lowest BCUT2D eigenvalue weighted by Gasteiger charge is -2.18. The van der Waals surface area contributed by atoms with Gasteiger partial charge in [-0.25, -0.2) is 0 Å². The van der Waals surface area contributed by atoms with Crippen molar-refractivity contribution in [2.75, 3.05) is 27.9 Å². The molecule has 1 amide bonds. The van der Waals surface area contributed by atoms with Gasteiger partial charge in [-0.2, -0.15) is 0 Å². The molecule has 0 fully saturated rings. The molecule has 4 rings (SSSR count). The number of benzene rings is 3. The molecule has 35 heavy (non-hydrogen) atoms. The highest BCUT2D eigenvalue weighted by Crippen LogP contribution is 2.42. The van der Waals surface area contributed by atoms with Crippen LogP contribution in [0.2, 0.25) is 0 Å². The second kappa shape index (κ2) is 10.5. The molecular weight excluding hydrogens is 444 g/mol. The Hall–Kier alpha value is -3.97. The Kier molecular flexibility index (Phi) is 7.27. The van der Waals surface area contributed by atoms with Gasteiger partial charge in [0, 0.05) is 22.7 Å². The average molecular weight is 475 g/mol. The number of aliphatic hydroxyl groups excluding tert-OH is 1. The fourth-order valence-electron chi connectivity index (χ4n) is 4.31. The van der Waals surface area contributed by atoms with E-state index in [0.29, 0.717) is 29.2 Å². The van der Waals surface area contributed by atoms with Crippen molar-refractivity contribution < 1.29 is 24.1 Å². The van der Waals surface area contributed by atoms with Gasteiger partial charge < -0.3 is 29.6 Å². The van der Waals surface area contributed by atoms with E-state index in [4.69, 9.17) is 14.2 Å². The first-order valence-corrected chi connectivity index (χ1v) is 11.4. The minimum Gasteiger partial charge on any atom is -0.493 e. The van der Waals surface area contributed by atoms with Crippen molar-refractivity contribution in [2.45, 2.75) is 19.4 Å². The lowest BCUT2D eigenvalue weighted by atomic mass is 9.96. The summed E-state index contributed by atoms with van der Waals surface area (Å²) in [6.07, 6.45) is 2.44. The molecule has 3 aromatic carbocycles. The number of aliphatic hydroxyl groups is 1. The Morgan fingerprint density at radius 2 is 1.71 bits per heavy atom. The molecule has 0 bridgehead atoms. The van der Waals surface area contributed by atoms with Crippen LogP contribution >= 0.6 is 0 Å². The monoisotopic (exact) mass is 474 g/mol. The van der Waals surface area contributed by atoms with Crippen molar-refractivity contribution >= 4 is 16.8 Å². The summed E-state index contributed by atoms with van der Waals surface area (Å²) in [7, 11) is 4.70.